The largest absolute Gasteiger partial charge is 0.481 e. The molecule has 0 bridgehead atoms. The van der Waals surface area contributed by atoms with Gasteiger partial charge >= 0.3 is 5.97 Å². The number of carbonyl (C=O) groups excluding carboxylic acids is 1. The quantitative estimate of drug-likeness (QED) is 0.230. The summed E-state index contributed by atoms with van der Waals surface area (Å²) in [5.74, 6) is 4.56. The average molecular weight is 312 g/mol. The van der Waals surface area contributed by atoms with Crippen molar-refractivity contribution in [1.82, 2.24) is 10.6 Å². The number of carboxylic acid groups (broad SMARTS) is 1. The zero-order valence-electron chi connectivity index (χ0n) is 13.6. The van der Waals surface area contributed by atoms with Crippen molar-refractivity contribution in [1.29, 1.82) is 0 Å². The van der Waals surface area contributed by atoms with E-state index in [0.29, 0.717) is 18.8 Å². The molecule has 22 heavy (non-hydrogen) atoms. The zero-order chi connectivity index (χ0) is 16.7. The van der Waals surface area contributed by atoms with Crippen LogP contribution < -0.4 is 16.5 Å². The molecule has 1 unspecified atom stereocenters. The summed E-state index contributed by atoms with van der Waals surface area (Å²) in [4.78, 5) is 22.5. The summed E-state index contributed by atoms with van der Waals surface area (Å²) in [6.07, 6.45) is 4.47. The van der Waals surface area contributed by atoms with Crippen LogP contribution >= 0.6 is 0 Å². The van der Waals surface area contributed by atoms with Crippen LogP contribution in [0.1, 0.15) is 46.5 Å². The van der Waals surface area contributed by atoms with E-state index in [1.165, 1.54) is 13.3 Å². The van der Waals surface area contributed by atoms with Gasteiger partial charge in [-0.05, 0) is 38.0 Å². The Hall–Kier alpha value is -1.79. The molecule has 126 valence electrons. The fourth-order valence-electron chi connectivity index (χ4n) is 3.48. The maximum atomic E-state index is 11.3. The van der Waals surface area contributed by atoms with E-state index in [1.807, 2.05) is 6.92 Å². The van der Waals surface area contributed by atoms with Crippen LogP contribution in [0, 0.1) is 17.8 Å². The van der Waals surface area contributed by atoms with Crippen LogP contribution in [0.15, 0.2) is 5.10 Å². The minimum Gasteiger partial charge on any atom is -0.481 e. The molecule has 5 N–H and O–H groups in total. The van der Waals surface area contributed by atoms with Gasteiger partial charge in [-0.15, -0.1) is 0 Å². The van der Waals surface area contributed by atoms with Crippen molar-refractivity contribution in [2.75, 3.05) is 0 Å². The Morgan fingerprint density at radius 1 is 1.45 bits per heavy atom. The number of nitrogens with zero attached hydrogens (tertiary/aromatic N) is 1. The molecule has 1 rings (SSSR count). The molecule has 0 aromatic rings. The number of rotatable bonds is 8. The van der Waals surface area contributed by atoms with Crippen LogP contribution in [-0.4, -0.2) is 35.4 Å². The van der Waals surface area contributed by atoms with E-state index >= 15 is 0 Å². The lowest BCUT2D eigenvalue weighted by atomic mass is 9.85. The first-order valence-corrected chi connectivity index (χ1v) is 7.86. The monoisotopic (exact) mass is 312 g/mol. The molecular formula is C15H28N4O3. The molecule has 1 amide bonds. The lowest BCUT2D eigenvalue weighted by Gasteiger charge is -2.28. The van der Waals surface area contributed by atoms with Gasteiger partial charge in [0.1, 0.15) is 6.34 Å². The van der Waals surface area contributed by atoms with E-state index in [2.05, 4.69) is 22.7 Å². The topological polar surface area (TPSA) is 117 Å². The Balaban J connectivity index is 2.72. The Kier molecular flexibility index (Phi) is 7.14. The highest BCUT2D eigenvalue weighted by atomic mass is 16.4. The first-order valence-electron chi connectivity index (χ1n) is 7.86. The zero-order valence-corrected chi connectivity index (χ0v) is 13.6. The number of aliphatic carboxylic acids is 1. The summed E-state index contributed by atoms with van der Waals surface area (Å²) in [6.45, 7) is 5.61. The van der Waals surface area contributed by atoms with Crippen LogP contribution in [0.3, 0.4) is 0 Å². The number of nitrogens with two attached hydrogens (primary N) is 1. The number of hydrogen-bond donors (Lipinski definition) is 4. The number of nitrogens with one attached hydrogen (secondary N) is 2. The average Bonchev–Trinajstić information content (AvgIpc) is 2.84. The maximum Gasteiger partial charge on any atom is 0.306 e. The molecule has 0 spiro atoms. The summed E-state index contributed by atoms with van der Waals surface area (Å²) < 4.78 is 0. The summed E-state index contributed by atoms with van der Waals surface area (Å²) in [5.41, 5.74) is 0. The van der Waals surface area contributed by atoms with Gasteiger partial charge in [0.2, 0.25) is 5.91 Å². The van der Waals surface area contributed by atoms with Gasteiger partial charge in [0, 0.05) is 19.0 Å². The highest BCUT2D eigenvalue weighted by molar-refractivity contribution is 5.73. The Morgan fingerprint density at radius 3 is 2.64 bits per heavy atom. The van der Waals surface area contributed by atoms with Crippen LogP contribution in [0.4, 0.5) is 0 Å². The van der Waals surface area contributed by atoms with Crippen LogP contribution in [0.2, 0.25) is 0 Å². The van der Waals surface area contributed by atoms with Gasteiger partial charge in [0.05, 0.1) is 5.92 Å². The van der Waals surface area contributed by atoms with Gasteiger partial charge in [-0.3, -0.25) is 9.59 Å². The van der Waals surface area contributed by atoms with Crippen LogP contribution in [-0.2, 0) is 9.59 Å². The molecule has 0 aromatic heterocycles. The molecule has 1 saturated carbocycles. The fraction of sp³-hybridized carbons (Fsp3) is 0.800. The minimum atomic E-state index is -0.748. The number of hydrogen-bond acceptors (Lipinski definition) is 4. The lowest BCUT2D eigenvalue weighted by molar-refractivity contribution is -0.141. The number of carboxylic acids is 1. The van der Waals surface area contributed by atoms with Crippen LogP contribution in [0.5, 0.6) is 0 Å². The first-order chi connectivity index (χ1) is 10.4. The summed E-state index contributed by atoms with van der Waals surface area (Å²) in [7, 11) is 0. The second-order valence-electron chi connectivity index (χ2n) is 6.21. The first kappa shape index (κ1) is 18.3. The molecule has 1 aliphatic carbocycles. The third kappa shape index (κ3) is 5.20. The van der Waals surface area contributed by atoms with Gasteiger partial charge in [-0.2, -0.15) is 5.10 Å². The Morgan fingerprint density at radius 2 is 2.14 bits per heavy atom. The van der Waals surface area contributed by atoms with Crippen molar-refractivity contribution >= 4 is 18.2 Å². The summed E-state index contributed by atoms with van der Waals surface area (Å²) in [6, 6.07) is 0.141. The second-order valence-corrected chi connectivity index (χ2v) is 6.21. The van der Waals surface area contributed by atoms with Gasteiger partial charge in [-0.1, -0.05) is 13.3 Å². The van der Waals surface area contributed by atoms with E-state index in [-0.39, 0.29) is 29.8 Å². The molecular weight excluding hydrogens is 284 g/mol. The molecule has 0 saturated heterocycles. The highest BCUT2D eigenvalue weighted by Gasteiger charge is 2.39. The normalized spacial score (nSPS) is 27.5. The Bertz CT molecular complexity index is 414. The van der Waals surface area contributed by atoms with Crippen molar-refractivity contribution in [3.8, 4) is 0 Å². The van der Waals surface area contributed by atoms with Gasteiger partial charge < -0.3 is 21.6 Å². The molecule has 7 nitrogen and oxygen atoms in total. The van der Waals surface area contributed by atoms with Crippen LogP contribution in [0.25, 0.3) is 0 Å². The van der Waals surface area contributed by atoms with Crippen molar-refractivity contribution in [2.45, 2.75) is 58.5 Å². The standard InChI is InChI=1S/C15H28N4O3/c1-4-11(9(2)19-10(3)20)5-12-6-13(15(21)22)7-14(12)17-8-18-16/h8-9,11-14H,4-7,16H2,1-3H3,(H,17,18)(H,19,20)(H,21,22)/t9-,11?,12+,13+,14+/m0/s1. The predicted molar refractivity (Wildman–Crippen MR) is 85.1 cm³/mol. The van der Waals surface area contributed by atoms with Gasteiger partial charge in [-0.25, -0.2) is 0 Å². The highest BCUT2D eigenvalue weighted by Crippen LogP contribution is 2.36. The van der Waals surface area contributed by atoms with Gasteiger partial charge in [0.25, 0.3) is 0 Å². The Labute approximate surface area is 131 Å². The fourth-order valence-corrected chi connectivity index (χ4v) is 3.48. The van der Waals surface area contributed by atoms with Crippen molar-refractivity contribution in [3.05, 3.63) is 0 Å². The van der Waals surface area contributed by atoms with E-state index in [0.717, 1.165) is 12.8 Å². The van der Waals surface area contributed by atoms with E-state index in [9.17, 15) is 14.7 Å². The molecule has 7 heteroatoms. The molecule has 0 aromatic carbocycles. The molecule has 1 fully saturated rings. The van der Waals surface area contributed by atoms with Crippen molar-refractivity contribution in [3.63, 3.8) is 0 Å². The minimum absolute atomic E-state index is 0.0364. The van der Waals surface area contributed by atoms with Crippen molar-refractivity contribution < 1.29 is 14.7 Å². The van der Waals surface area contributed by atoms with E-state index < -0.39 is 5.97 Å². The predicted octanol–water partition coefficient (Wildman–Crippen LogP) is 0.898. The number of hydrazone groups is 1. The lowest BCUT2D eigenvalue weighted by Crippen LogP contribution is -2.39. The van der Waals surface area contributed by atoms with Crippen molar-refractivity contribution in [2.24, 2.45) is 28.7 Å². The summed E-state index contributed by atoms with van der Waals surface area (Å²) >= 11 is 0. The molecule has 1 aliphatic rings. The molecule has 5 atom stereocenters. The van der Waals surface area contributed by atoms with Gasteiger partial charge in [0.15, 0.2) is 0 Å². The molecule has 0 radical (unpaired) electrons. The smallest absolute Gasteiger partial charge is 0.306 e. The van der Waals surface area contributed by atoms with E-state index in [4.69, 9.17) is 5.84 Å². The summed E-state index contributed by atoms with van der Waals surface area (Å²) in [5, 5.41) is 18.7. The third-order valence-corrected chi connectivity index (χ3v) is 4.68. The number of amides is 1. The molecule has 0 heterocycles. The number of carbonyl (C=O) groups is 2. The van der Waals surface area contributed by atoms with E-state index in [1.54, 1.807) is 0 Å². The molecule has 0 aliphatic heterocycles. The third-order valence-electron chi connectivity index (χ3n) is 4.68. The SMILES string of the molecule is CCC(C[C@@H]1C[C@@H](C(=O)O)C[C@H]1NC=NN)[C@H](C)NC(C)=O. The maximum absolute atomic E-state index is 11.3. The second kappa shape index (κ2) is 8.60.